The van der Waals surface area contributed by atoms with Crippen molar-refractivity contribution >= 4 is 28.5 Å². The Morgan fingerprint density at radius 2 is 1.97 bits per heavy atom. The van der Waals surface area contributed by atoms with Crippen molar-refractivity contribution < 1.29 is 18.3 Å². The number of carbonyl (C=O) groups excluding carboxylic acids is 1. The maximum absolute atomic E-state index is 14.3. The minimum absolute atomic E-state index is 0.0429. The van der Waals surface area contributed by atoms with E-state index < -0.39 is 17.5 Å². The van der Waals surface area contributed by atoms with Gasteiger partial charge in [-0.15, -0.1) is 0 Å². The van der Waals surface area contributed by atoms with Crippen molar-refractivity contribution in [1.82, 2.24) is 9.80 Å². The van der Waals surface area contributed by atoms with Crippen molar-refractivity contribution in [3.8, 4) is 5.75 Å². The number of carbonyl (C=O) groups is 1. The first-order valence-corrected chi connectivity index (χ1v) is 10.4. The van der Waals surface area contributed by atoms with Crippen molar-refractivity contribution in [2.24, 2.45) is 5.73 Å². The van der Waals surface area contributed by atoms with E-state index in [0.29, 0.717) is 17.7 Å². The number of rotatable bonds is 6. The van der Waals surface area contributed by atoms with E-state index in [0.717, 1.165) is 23.2 Å². The molecule has 0 aromatic heterocycles. The predicted molar refractivity (Wildman–Crippen MR) is 116 cm³/mol. The van der Waals surface area contributed by atoms with Crippen LogP contribution in [0.3, 0.4) is 0 Å². The summed E-state index contributed by atoms with van der Waals surface area (Å²) in [5.41, 5.74) is 6.34. The molecule has 1 amide bonds. The molecule has 2 aromatic rings. The summed E-state index contributed by atoms with van der Waals surface area (Å²) in [6.45, 7) is 2.96. The standard InChI is InChI=1S/C21H24F2IN3O2/c1-26-5-6-27(2)17(11-26)12-29-19-9-15(22)8-14(20(19)21(25)28)7-13-3-4-16(24)10-18(13)23/h3-4,8-10,17H,5-7,11-12H2,1-2H3,(H2,25,28). The van der Waals surface area contributed by atoms with E-state index in [4.69, 9.17) is 10.5 Å². The largest absolute Gasteiger partial charge is 0.491 e. The number of nitrogens with zero attached hydrogens (tertiary/aromatic N) is 2. The van der Waals surface area contributed by atoms with Crippen LogP contribution in [0, 0.1) is 15.2 Å². The van der Waals surface area contributed by atoms with E-state index in [-0.39, 0.29) is 23.8 Å². The molecular formula is C21H24F2IN3O2. The zero-order valence-electron chi connectivity index (χ0n) is 16.4. The highest BCUT2D eigenvalue weighted by Crippen LogP contribution is 2.28. The molecule has 0 radical (unpaired) electrons. The zero-order chi connectivity index (χ0) is 21.1. The summed E-state index contributed by atoms with van der Waals surface area (Å²) in [6.07, 6.45) is 0.0429. The lowest BCUT2D eigenvalue weighted by Gasteiger charge is -2.37. The number of benzene rings is 2. The average molecular weight is 515 g/mol. The molecule has 156 valence electrons. The van der Waals surface area contributed by atoms with Gasteiger partial charge in [0, 0.05) is 35.7 Å². The van der Waals surface area contributed by atoms with Crippen molar-refractivity contribution in [3.63, 3.8) is 0 Å². The van der Waals surface area contributed by atoms with Crippen molar-refractivity contribution in [3.05, 3.63) is 62.2 Å². The van der Waals surface area contributed by atoms with Crippen LogP contribution in [-0.4, -0.2) is 62.1 Å². The predicted octanol–water partition coefficient (Wildman–Crippen LogP) is 2.88. The van der Waals surface area contributed by atoms with Crippen LogP contribution in [0.15, 0.2) is 30.3 Å². The molecule has 2 aromatic carbocycles. The molecule has 1 unspecified atom stereocenters. The molecule has 0 saturated carbocycles. The van der Waals surface area contributed by atoms with Gasteiger partial charge in [-0.05, 0) is 66.0 Å². The lowest BCUT2D eigenvalue weighted by atomic mass is 9.98. The Bertz CT molecular complexity index is 910. The van der Waals surface area contributed by atoms with Crippen LogP contribution in [0.1, 0.15) is 21.5 Å². The Morgan fingerprint density at radius 1 is 1.21 bits per heavy atom. The molecule has 8 heteroatoms. The fourth-order valence-corrected chi connectivity index (χ4v) is 3.96. The number of hydrogen-bond donors (Lipinski definition) is 1. The fourth-order valence-electron chi connectivity index (χ4n) is 3.51. The molecular weight excluding hydrogens is 491 g/mol. The number of piperazine rings is 1. The van der Waals surface area contributed by atoms with E-state index >= 15 is 0 Å². The molecule has 29 heavy (non-hydrogen) atoms. The molecule has 1 fully saturated rings. The van der Waals surface area contributed by atoms with Crippen LogP contribution in [0.2, 0.25) is 0 Å². The smallest absolute Gasteiger partial charge is 0.252 e. The summed E-state index contributed by atoms with van der Waals surface area (Å²) in [7, 11) is 4.04. The average Bonchev–Trinajstić information content (AvgIpc) is 2.64. The highest BCUT2D eigenvalue weighted by molar-refractivity contribution is 14.1. The summed E-state index contributed by atoms with van der Waals surface area (Å²) in [5.74, 6) is -1.60. The van der Waals surface area contributed by atoms with Gasteiger partial charge < -0.3 is 15.4 Å². The van der Waals surface area contributed by atoms with E-state index in [1.165, 1.54) is 18.2 Å². The molecule has 1 aliphatic heterocycles. The van der Waals surface area contributed by atoms with E-state index in [2.05, 4.69) is 9.80 Å². The normalized spacial score (nSPS) is 18.0. The second-order valence-electron chi connectivity index (χ2n) is 7.42. The minimum Gasteiger partial charge on any atom is -0.491 e. The molecule has 0 aliphatic carbocycles. The number of amides is 1. The molecule has 1 atom stereocenters. The van der Waals surface area contributed by atoms with Gasteiger partial charge >= 0.3 is 0 Å². The van der Waals surface area contributed by atoms with Gasteiger partial charge in [0.2, 0.25) is 0 Å². The van der Waals surface area contributed by atoms with Crippen LogP contribution in [0.25, 0.3) is 0 Å². The van der Waals surface area contributed by atoms with Gasteiger partial charge in [0.15, 0.2) is 0 Å². The summed E-state index contributed by atoms with van der Waals surface area (Å²) in [6, 6.07) is 7.27. The van der Waals surface area contributed by atoms with Crippen LogP contribution in [-0.2, 0) is 6.42 Å². The Morgan fingerprint density at radius 3 is 2.66 bits per heavy atom. The molecule has 1 heterocycles. The topological polar surface area (TPSA) is 58.8 Å². The highest BCUT2D eigenvalue weighted by atomic mass is 127. The monoisotopic (exact) mass is 515 g/mol. The Kier molecular flexibility index (Phi) is 7.07. The maximum atomic E-state index is 14.3. The number of hydrogen-bond acceptors (Lipinski definition) is 4. The molecule has 0 spiro atoms. The lowest BCUT2D eigenvalue weighted by Crippen LogP contribution is -2.52. The summed E-state index contributed by atoms with van der Waals surface area (Å²) >= 11 is 2.01. The molecule has 1 saturated heterocycles. The SMILES string of the molecule is CN1CCN(C)C(COc2cc(F)cc(Cc3ccc(I)cc3F)c2C(N)=O)C1. The lowest BCUT2D eigenvalue weighted by molar-refractivity contribution is 0.0771. The third-order valence-corrected chi connectivity index (χ3v) is 5.87. The third-order valence-electron chi connectivity index (χ3n) is 5.20. The first-order chi connectivity index (χ1) is 13.7. The van der Waals surface area contributed by atoms with Crippen LogP contribution >= 0.6 is 22.6 Å². The Hall–Kier alpha value is -1.78. The second-order valence-corrected chi connectivity index (χ2v) is 8.67. The fraction of sp³-hybridized carbons (Fsp3) is 0.381. The second kappa shape index (κ2) is 9.36. The third kappa shape index (κ3) is 5.43. The quantitative estimate of drug-likeness (QED) is 0.602. The van der Waals surface area contributed by atoms with Crippen molar-refractivity contribution in [1.29, 1.82) is 0 Å². The van der Waals surface area contributed by atoms with Gasteiger partial charge in [0.05, 0.1) is 11.6 Å². The van der Waals surface area contributed by atoms with E-state index in [1.807, 2.05) is 36.7 Å². The van der Waals surface area contributed by atoms with Gasteiger partial charge in [-0.1, -0.05) is 6.07 Å². The Labute approximate surface area is 182 Å². The molecule has 3 rings (SSSR count). The van der Waals surface area contributed by atoms with Gasteiger partial charge in [-0.25, -0.2) is 8.78 Å². The summed E-state index contributed by atoms with van der Waals surface area (Å²) in [5, 5.41) is 0. The number of likely N-dealkylation sites (N-methyl/N-ethyl adjacent to an activating group) is 2. The number of ether oxygens (including phenoxy) is 1. The van der Waals surface area contributed by atoms with Gasteiger partial charge in [0.1, 0.15) is 24.0 Å². The van der Waals surface area contributed by atoms with Gasteiger partial charge in [-0.2, -0.15) is 0 Å². The van der Waals surface area contributed by atoms with Gasteiger partial charge in [0.25, 0.3) is 5.91 Å². The number of halogens is 3. The highest BCUT2D eigenvalue weighted by Gasteiger charge is 2.24. The van der Waals surface area contributed by atoms with Crippen molar-refractivity contribution in [2.45, 2.75) is 12.5 Å². The van der Waals surface area contributed by atoms with Crippen LogP contribution < -0.4 is 10.5 Å². The first-order valence-electron chi connectivity index (χ1n) is 9.32. The summed E-state index contributed by atoms with van der Waals surface area (Å²) in [4.78, 5) is 16.5. The van der Waals surface area contributed by atoms with Gasteiger partial charge in [-0.3, -0.25) is 9.69 Å². The number of primary amides is 1. The Balaban J connectivity index is 1.88. The molecule has 5 nitrogen and oxygen atoms in total. The van der Waals surface area contributed by atoms with Crippen molar-refractivity contribution in [2.75, 3.05) is 40.3 Å². The summed E-state index contributed by atoms with van der Waals surface area (Å²) < 4.78 is 35.2. The number of nitrogens with two attached hydrogens (primary N) is 1. The maximum Gasteiger partial charge on any atom is 0.252 e. The first kappa shape index (κ1) is 21.9. The van der Waals surface area contributed by atoms with E-state index in [9.17, 15) is 13.6 Å². The molecule has 0 bridgehead atoms. The van der Waals surface area contributed by atoms with Crippen LogP contribution in [0.4, 0.5) is 8.78 Å². The zero-order valence-corrected chi connectivity index (χ0v) is 18.6. The van der Waals surface area contributed by atoms with E-state index in [1.54, 1.807) is 12.1 Å². The molecule has 1 aliphatic rings. The van der Waals surface area contributed by atoms with Crippen LogP contribution in [0.5, 0.6) is 5.75 Å². The molecule has 2 N–H and O–H groups in total. The minimum atomic E-state index is -0.727.